The summed E-state index contributed by atoms with van der Waals surface area (Å²) in [7, 11) is 0. The number of nitrogens with one attached hydrogen (secondary N) is 1. The van der Waals surface area contributed by atoms with Gasteiger partial charge in [0, 0.05) is 18.0 Å². The van der Waals surface area contributed by atoms with Gasteiger partial charge >= 0.3 is 11.9 Å². The molecule has 6 nitrogen and oxygen atoms in total. The average molecular weight is 404 g/mol. The second kappa shape index (κ2) is 8.40. The number of hydrogen-bond donors (Lipinski definition) is 3. The molecule has 7 heteroatoms. The maximum absolute atomic E-state index is 10.8. The predicted octanol–water partition coefficient (Wildman–Crippen LogP) is 2.72. The van der Waals surface area contributed by atoms with Crippen LogP contribution in [0.3, 0.4) is 0 Å². The van der Waals surface area contributed by atoms with Crippen LogP contribution < -0.4 is 0 Å². The molecule has 2 rings (SSSR count). The molecule has 114 valence electrons. The lowest BCUT2D eigenvalue weighted by molar-refractivity contribution is -0.145. The number of aromatic amines is 1. The van der Waals surface area contributed by atoms with Crippen molar-refractivity contribution in [3.05, 3.63) is 48.6 Å². The first kappa shape index (κ1) is 19.1. The standard InChI is InChI=1S/C9H10O4.C5H6N2.HI/c1-9(8(12)13)4-2-3-6(5-9)7(10)11;1-2-5-6-3-4-7-5;/h2-4H,5H2,1H3,(H,10,11)(H,12,13);2-4H,1H2,(H,6,7);1H. The number of carboxylic acids is 2. The predicted molar refractivity (Wildman–Crippen MR) is 89.3 cm³/mol. The lowest BCUT2D eigenvalue weighted by atomic mass is 9.80. The minimum atomic E-state index is -1.08. The summed E-state index contributed by atoms with van der Waals surface area (Å²) in [5.41, 5.74) is -0.949. The summed E-state index contributed by atoms with van der Waals surface area (Å²) in [6.45, 7) is 5.01. The number of rotatable bonds is 3. The van der Waals surface area contributed by atoms with Crippen LogP contribution in [-0.2, 0) is 9.59 Å². The van der Waals surface area contributed by atoms with E-state index in [1.165, 1.54) is 25.2 Å². The van der Waals surface area contributed by atoms with Gasteiger partial charge in [-0.1, -0.05) is 24.8 Å². The van der Waals surface area contributed by atoms with Crippen molar-refractivity contribution < 1.29 is 19.8 Å². The van der Waals surface area contributed by atoms with Crippen molar-refractivity contribution in [2.24, 2.45) is 5.41 Å². The molecular formula is C14H17IN2O4. The first-order valence-electron chi connectivity index (χ1n) is 5.86. The van der Waals surface area contributed by atoms with Gasteiger partial charge in [-0.3, -0.25) is 4.79 Å². The number of H-pyrrole nitrogens is 1. The van der Waals surface area contributed by atoms with Crippen LogP contribution in [0.1, 0.15) is 19.2 Å². The molecule has 0 aliphatic heterocycles. The molecule has 1 aliphatic carbocycles. The van der Waals surface area contributed by atoms with Gasteiger partial charge in [-0.2, -0.15) is 0 Å². The Bertz CT molecular complexity index is 564. The minimum Gasteiger partial charge on any atom is -0.481 e. The zero-order valence-electron chi connectivity index (χ0n) is 11.4. The van der Waals surface area contributed by atoms with E-state index in [1.54, 1.807) is 18.5 Å². The lowest BCUT2D eigenvalue weighted by Crippen LogP contribution is -2.28. The lowest BCUT2D eigenvalue weighted by Gasteiger charge is -2.23. The third-order valence-corrected chi connectivity index (χ3v) is 2.80. The Morgan fingerprint density at radius 1 is 1.48 bits per heavy atom. The van der Waals surface area contributed by atoms with Gasteiger partial charge in [0.2, 0.25) is 0 Å². The highest BCUT2D eigenvalue weighted by Gasteiger charge is 2.34. The molecule has 21 heavy (non-hydrogen) atoms. The Balaban J connectivity index is 0.000000425. The average Bonchev–Trinajstić information content (AvgIpc) is 2.92. The fourth-order valence-corrected chi connectivity index (χ4v) is 1.57. The minimum absolute atomic E-state index is 0. The molecule has 0 amide bonds. The number of carbonyl (C=O) groups is 2. The molecule has 1 aromatic rings. The van der Waals surface area contributed by atoms with E-state index in [4.69, 9.17) is 10.2 Å². The molecule has 0 spiro atoms. The van der Waals surface area contributed by atoms with Gasteiger partial charge < -0.3 is 15.2 Å². The van der Waals surface area contributed by atoms with Gasteiger partial charge in [-0.25, -0.2) is 9.78 Å². The molecule has 1 unspecified atom stereocenters. The third-order valence-electron chi connectivity index (χ3n) is 2.80. The number of halogens is 1. The number of hydrogen-bond acceptors (Lipinski definition) is 3. The van der Waals surface area contributed by atoms with Crippen LogP contribution in [-0.4, -0.2) is 32.1 Å². The molecule has 0 bridgehead atoms. The summed E-state index contributed by atoms with van der Waals surface area (Å²) in [6.07, 6.45) is 9.55. The summed E-state index contributed by atoms with van der Waals surface area (Å²) in [4.78, 5) is 28.1. The van der Waals surface area contributed by atoms with Gasteiger partial charge in [0.05, 0.1) is 5.41 Å². The van der Waals surface area contributed by atoms with Crippen molar-refractivity contribution in [1.29, 1.82) is 0 Å². The van der Waals surface area contributed by atoms with E-state index >= 15 is 0 Å². The molecular weight excluding hydrogens is 387 g/mol. The normalized spacial score (nSPS) is 19.4. The number of aliphatic carboxylic acids is 2. The van der Waals surface area contributed by atoms with Crippen LogP contribution in [0.5, 0.6) is 0 Å². The van der Waals surface area contributed by atoms with Crippen LogP contribution in [0.4, 0.5) is 0 Å². The summed E-state index contributed by atoms with van der Waals surface area (Å²) in [6, 6.07) is 0. The van der Waals surface area contributed by atoms with Crippen LogP contribution in [0, 0.1) is 5.41 Å². The summed E-state index contributed by atoms with van der Waals surface area (Å²) in [5.74, 6) is -1.24. The zero-order valence-corrected chi connectivity index (χ0v) is 13.8. The monoisotopic (exact) mass is 404 g/mol. The molecule has 1 aliphatic rings. The Morgan fingerprint density at radius 3 is 2.52 bits per heavy atom. The summed E-state index contributed by atoms with van der Waals surface area (Å²) in [5, 5.41) is 17.5. The van der Waals surface area contributed by atoms with Crippen LogP contribution in [0.2, 0.25) is 0 Å². The van der Waals surface area contributed by atoms with E-state index in [0.29, 0.717) is 0 Å². The first-order chi connectivity index (χ1) is 9.39. The van der Waals surface area contributed by atoms with Crippen molar-refractivity contribution in [3.8, 4) is 0 Å². The van der Waals surface area contributed by atoms with E-state index in [2.05, 4.69) is 16.5 Å². The second-order valence-corrected chi connectivity index (χ2v) is 4.43. The molecule has 1 atom stereocenters. The number of nitrogens with zero attached hydrogens (tertiary/aromatic N) is 1. The molecule has 0 radical (unpaired) electrons. The fraction of sp³-hybridized carbons (Fsp3) is 0.214. The maximum atomic E-state index is 10.8. The van der Waals surface area contributed by atoms with Gasteiger partial charge in [0.25, 0.3) is 0 Å². The molecule has 0 aromatic carbocycles. The highest BCUT2D eigenvalue weighted by molar-refractivity contribution is 14.0. The number of aromatic nitrogens is 2. The maximum Gasteiger partial charge on any atom is 0.331 e. The van der Waals surface area contributed by atoms with Crippen molar-refractivity contribution in [3.63, 3.8) is 0 Å². The highest BCUT2D eigenvalue weighted by Crippen LogP contribution is 2.31. The molecule has 0 saturated carbocycles. The molecule has 1 heterocycles. The Labute approximate surface area is 139 Å². The highest BCUT2D eigenvalue weighted by atomic mass is 127. The second-order valence-electron chi connectivity index (χ2n) is 4.43. The Morgan fingerprint density at radius 2 is 2.14 bits per heavy atom. The Kier molecular flexibility index (Phi) is 7.64. The third kappa shape index (κ3) is 5.54. The largest absolute Gasteiger partial charge is 0.481 e. The van der Waals surface area contributed by atoms with Crippen molar-refractivity contribution in [1.82, 2.24) is 9.97 Å². The fourth-order valence-electron chi connectivity index (χ4n) is 1.57. The van der Waals surface area contributed by atoms with Crippen molar-refractivity contribution >= 4 is 42.0 Å². The van der Waals surface area contributed by atoms with Gasteiger partial charge in [0.1, 0.15) is 5.82 Å². The van der Waals surface area contributed by atoms with E-state index in [0.717, 1.165) is 5.82 Å². The van der Waals surface area contributed by atoms with Crippen LogP contribution in [0.15, 0.2) is 42.8 Å². The van der Waals surface area contributed by atoms with Crippen molar-refractivity contribution in [2.75, 3.05) is 0 Å². The number of imidazole rings is 1. The van der Waals surface area contributed by atoms with Gasteiger partial charge in [-0.15, -0.1) is 24.0 Å². The summed E-state index contributed by atoms with van der Waals surface area (Å²) >= 11 is 0. The van der Waals surface area contributed by atoms with E-state index in [-0.39, 0.29) is 36.0 Å². The van der Waals surface area contributed by atoms with E-state index in [9.17, 15) is 9.59 Å². The van der Waals surface area contributed by atoms with Crippen molar-refractivity contribution in [2.45, 2.75) is 13.3 Å². The van der Waals surface area contributed by atoms with Gasteiger partial charge in [0.15, 0.2) is 0 Å². The zero-order chi connectivity index (χ0) is 15.2. The topological polar surface area (TPSA) is 103 Å². The number of carboxylic acid groups (broad SMARTS) is 2. The SMILES string of the molecule is C=Cc1ncc[nH]1.CC1(C(=O)O)C=CC=C(C(=O)O)C1.I. The molecule has 1 aromatic heterocycles. The summed E-state index contributed by atoms with van der Waals surface area (Å²) < 4.78 is 0. The first-order valence-corrected chi connectivity index (χ1v) is 5.86. The molecule has 0 saturated heterocycles. The molecule has 0 fully saturated rings. The number of allylic oxidation sites excluding steroid dienone is 2. The Hall–Kier alpha value is -1.90. The van der Waals surface area contributed by atoms with Gasteiger partial charge in [-0.05, 0) is 19.4 Å². The van der Waals surface area contributed by atoms with Crippen LogP contribution in [0.25, 0.3) is 6.08 Å². The quantitative estimate of drug-likeness (QED) is 0.673. The molecule has 3 N–H and O–H groups in total. The van der Waals surface area contributed by atoms with E-state index < -0.39 is 17.4 Å². The van der Waals surface area contributed by atoms with Crippen LogP contribution >= 0.6 is 24.0 Å². The van der Waals surface area contributed by atoms with E-state index in [1.807, 2.05) is 0 Å². The smallest absolute Gasteiger partial charge is 0.331 e.